The Balaban J connectivity index is 2.52. The molecule has 12 heavy (non-hydrogen) atoms. The van der Waals surface area contributed by atoms with Crippen LogP contribution in [0.5, 0.6) is 0 Å². The topological polar surface area (TPSA) is 77.8 Å². The summed E-state index contributed by atoms with van der Waals surface area (Å²) in [7, 11) is 0. The lowest BCUT2D eigenvalue weighted by atomic mass is 10.2. The van der Waals surface area contributed by atoms with Gasteiger partial charge in [-0.25, -0.2) is 0 Å². The Labute approximate surface area is 69.6 Å². The predicted molar refractivity (Wildman–Crippen MR) is 39.9 cm³/mol. The highest BCUT2D eigenvalue weighted by molar-refractivity contribution is 5.75. The Morgan fingerprint density at radius 1 is 1.42 bits per heavy atom. The second-order valence-electron chi connectivity index (χ2n) is 2.86. The first-order valence-electron chi connectivity index (χ1n) is 3.80. The summed E-state index contributed by atoms with van der Waals surface area (Å²) in [4.78, 5) is 22.3. The number of aliphatic carboxylic acids is 2. The Bertz CT molecular complexity index is 204. The van der Waals surface area contributed by atoms with Gasteiger partial charge in [0.05, 0.1) is 6.54 Å². The standard InChI is InChI=1S/C7H11NO4/c9-6(10)4-8-3-1-2-5(8)7(11)12/h5H,1-4H2,(H,9,10)(H,11,12)/t5-/m0/s1. The number of nitrogens with zero attached hydrogens (tertiary/aromatic N) is 1. The van der Waals surface area contributed by atoms with Gasteiger partial charge in [-0.2, -0.15) is 0 Å². The zero-order chi connectivity index (χ0) is 9.14. The van der Waals surface area contributed by atoms with Crippen molar-refractivity contribution in [3.8, 4) is 0 Å². The highest BCUT2D eigenvalue weighted by Gasteiger charge is 2.31. The van der Waals surface area contributed by atoms with E-state index in [0.29, 0.717) is 13.0 Å². The second-order valence-corrected chi connectivity index (χ2v) is 2.86. The third-order valence-corrected chi connectivity index (χ3v) is 1.99. The lowest BCUT2D eigenvalue weighted by Gasteiger charge is -2.17. The summed E-state index contributed by atoms with van der Waals surface area (Å²) < 4.78 is 0. The fraction of sp³-hybridized carbons (Fsp3) is 0.714. The van der Waals surface area contributed by atoms with Gasteiger partial charge in [0.25, 0.3) is 0 Å². The van der Waals surface area contributed by atoms with Crippen LogP contribution >= 0.6 is 0 Å². The van der Waals surface area contributed by atoms with E-state index in [1.165, 1.54) is 4.90 Å². The van der Waals surface area contributed by atoms with Crippen molar-refractivity contribution in [1.82, 2.24) is 4.90 Å². The quantitative estimate of drug-likeness (QED) is 0.608. The fourth-order valence-electron chi connectivity index (χ4n) is 1.47. The SMILES string of the molecule is O=C(O)CN1CCC[C@H]1C(=O)O. The zero-order valence-corrected chi connectivity index (χ0v) is 6.56. The van der Waals surface area contributed by atoms with Crippen LogP contribution in [-0.4, -0.2) is 46.2 Å². The third-order valence-electron chi connectivity index (χ3n) is 1.99. The Morgan fingerprint density at radius 2 is 2.08 bits per heavy atom. The number of hydrogen-bond donors (Lipinski definition) is 2. The van der Waals surface area contributed by atoms with Crippen LogP contribution in [0, 0.1) is 0 Å². The van der Waals surface area contributed by atoms with Crippen molar-refractivity contribution in [3.63, 3.8) is 0 Å². The molecule has 0 spiro atoms. The average Bonchev–Trinajstić information content (AvgIpc) is 2.33. The predicted octanol–water partition coefficient (Wildman–Crippen LogP) is -0.380. The number of carboxylic acids is 2. The van der Waals surface area contributed by atoms with Crippen molar-refractivity contribution < 1.29 is 19.8 Å². The molecule has 1 aliphatic rings. The summed E-state index contributed by atoms with van der Waals surface area (Å²) in [5.74, 6) is -1.89. The molecular formula is C7H11NO4. The van der Waals surface area contributed by atoms with E-state index in [4.69, 9.17) is 10.2 Å². The number of rotatable bonds is 3. The van der Waals surface area contributed by atoms with Gasteiger partial charge < -0.3 is 10.2 Å². The molecule has 1 heterocycles. The lowest BCUT2D eigenvalue weighted by molar-refractivity contribution is -0.144. The minimum Gasteiger partial charge on any atom is -0.480 e. The van der Waals surface area contributed by atoms with E-state index in [9.17, 15) is 9.59 Å². The van der Waals surface area contributed by atoms with Gasteiger partial charge in [0.15, 0.2) is 0 Å². The number of carbonyl (C=O) groups is 2. The smallest absolute Gasteiger partial charge is 0.320 e. The van der Waals surface area contributed by atoms with Crippen molar-refractivity contribution in [2.24, 2.45) is 0 Å². The summed E-state index contributed by atoms with van der Waals surface area (Å²) in [5, 5.41) is 17.1. The van der Waals surface area contributed by atoms with Gasteiger partial charge in [0.1, 0.15) is 6.04 Å². The molecule has 1 saturated heterocycles. The van der Waals surface area contributed by atoms with Crippen LogP contribution in [0.15, 0.2) is 0 Å². The van der Waals surface area contributed by atoms with Gasteiger partial charge in [0, 0.05) is 0 Å². The van der Waals surface area contributed by atoms with Crippen LogP contribution in [0.2, 0.25) is 0 Å². The van der Waals surface area contributed by atoms with Gasteiger partial charge in [0.2, 0.25) is 0 Å². The third kappa shape index (κ3) is 1.94. The fourth-order valence-corrected chi connectivity index (χ4v) is 1.47. The first-order chi connectivity index (χ1) is 5.61. The lowest BCUT2D eigenvalue weighted by Crippen LogP contribution is -2.39. The maximum atomic E-state index is 10.6. The highest BCUT2D eigenvalue weighted by atomic mass is 16.4. The van der Waals surface area contributed by atoms with Crippen molar-refractivity contribution in [2.45, 2.75) is 18.9 Å². The Morgan fingerprint density at radius 3 is 2.58 bits per heavy atom. The van der Waals surface area contributed by atoms with Crippen LogP contribution < -0.4 is 0 Å². The molecular weight excluding hydrogens is 162 g/mol. The summed E-state index contributed by atoms with van der Waals surface area (Å²) in [6.07, 6.45) is 1.33. The first-order valence-corrected chi connectivity index (χ1v) is 3.80. The van der Waals surface area contributed by atoms with Crippen LogP contribution in [0.3, 0.4) is 0 Å². The molecule has 0 unspecified atom stereocenters. The number of carboxylic acid groups (broad SMARTS) is 2. The molecule has 0 aromatic rings. The van der Waals surface area contributed by atoms with Crippen molar-refractivity contribution in [2.75, 3.05) is 13.1 Å². The maximum Gasteiger partial charge on any atom is 0.320 e. The molecule has 0 aromatic carbocycles. The first kappa shape index (κ1) is 8.99. The van der Waals surface area contributed by atoms with Gasteiger partial charge in [-0.3, -0.25) is 14.5 Å². The average molecular weight is 173 g/mol. The largest absolute Gasteiger partial charge is 0.480 e. The van der Waals surface area contributed by atoms with Crippen molar-refractivity contribution in [1.29, 1.82) is 0 Å². The normalized spacial score (nSPS) is 24.2. The highest BCUT2D eigenvalue weighted by Crippen LogP contribution is 2.16. The zero-order valence-electron chi connectivity index (χ0n) is 6.56. The molecule has 0 aliphatic carbocycles. The monoisotopic (exact) mass is 173 g/mol. The molecule has 2 N–H and O–H groups in total. The van der Waals surface area contributed by atoms with E-state index < -0.39 is 18.0 Å². The molecule has 1 aliphatic heterocycles. The van der Waals surface area contributed by atoms with Crippen molar-refractivity contribution in [3.05, 3.63) is 0 Å². The van der Waals surface area contributed by atoms with E-state index in [2.05, 4.69) is 0 Å². The van der Waals surface area contributed by atoms with E-state index >= 15 is 0 Å². The molecule has 0 amide bonds. The summed E-state index contributed by atoms with van der Waals surface area (Å²) in [5.41, 5.74) is 0. The molecule has 1 atom stereocenters. The molecule has 0 radical (unpaired) electrons. The summed E-state index contributed by atoms with van der Waals surface area (Å²) >= 11 is 0. The van der Waals surface area contributed by atoms with Gasteiger partial charge >= 0.3 is 11.9 Å². The molecule has 5 nitrogen and oxygen atoms in total. The second kappa shape index (κ2) is 3.53. The molecule has 0 bridgehead atoms. The van der Waals surface area contributed by atoms with Gasteiger partial charge in [-0.1, -0.05) is 0 Å². The Kier molecular flexibility index (Phi) is 2.65. The minimum absolute atomic E-state index is 0.170. The van der Waals surface area contributed by atoms with Crippen LogP contribution in [0.4, 0.5) is 0 Å². The van der Waals surface area contributed by atoms with E-state index in [1.54, 1.807) is 0 Å². The molecule has 1 fully saturated rings. The molecule has 0 saturated carbocycles. The van der Waals surface area contributed by atoms with Crippen LogP contribution in [0.1, 0.15) is 12.8 Å². The molecule has 0 aromatic heterocycles. The molecule has 1 rings (SSSR count). The Hall–Kier alpha value is -1.10. The van der Waals surface area contributed by atoms with Gasteiger partial charge in [-0.15, -0.1) is 0 Å². The maximum absolute atomic E-state index is 10.6. The van der Waals surface area contributed by atoms with E-state index in [-0.39, 0.29) is 6.54 Å². The van der Waals surface area contributed by atoms with Gasteiger partial charge in [-0.05, 0) is 19.4 Å². The van der Waals surface area contributed by atoms with Crippen LogP contribution in [0.25, 0.3) is 0 Å². The van der Waals surface area contributed by atoms with E-state index in [1.807, 2.05) is 0 Å². The van der Waals surface area contributed by atoms with E-state index in [0.717, 1.165) is 6.42 Å². The minimum atomic E-state index is -0.969. The summed E-state index contributed by atoms with van der Waals surface area (Å²) in [6.45, 7) is 0.403. The summed E-state index contributed by atoms with van der Waals surface area (Å²) in [6, 6.07) is -0.596. The molecule has 68 valence electrons. The molecule has 5 heteroatoms. The number of hydrogen-bond acceptors (Lipinski definition) is 3. The number of likely N-dealkylation sites (tertiary alicyclic amines) is 1. The van der Waals surface area contributed by atoms with Crippen LogP contribution in [-0.2, 0) is 9.59 Å². The van der Waals surface area contributed by atoms with Crippen molar-refractivity contribution >= 4 is 11.9 Å².